The molecule has 0 fully saturated rings. The second-order valence-corrected chi connectivity index (χ2v) is 3.86. The molecule has 1 unspecified atom stereocenters. The van der Waals surface area contributed by atoms with E-state index in [1.807, 2.05) is 6.07 Å². The van der Waals surface area contributed by atoms with Crippen molar-refractivity contribution in [3.8, 4) is 11.5 Å². The number of aliphatic carboxylic acids is 1. The van der Waals surface area contributed by atoms with E-state index in [-0.39, 0.29) is 12.5 Å². The van der Waals surface area contributed by atoms with Gasteiger partial charge in [-0.3, -0.25) is 0 Å². The minimum Gasteiger partial charge on any atom is -0.546 e. The van der Waals surface area contributed by atoms with Gasteiger partial charge in [-0.05, 0) is 12.5 Å². The first-order valence-electron chi connectivity index (χ1n) is 5.41. The molecule has 1 N–H and O–H groups in total. The molecule has 0 bridgehead atoms. The summed E-state index contributed by atoms with van der Waals surface area (Å²) in [4.78, 5) is 10.3. The quantitative estimate of drug-likeness (QED) is 0.758. The molecule has 1 aliphatic rings. The van der Waals surface area contributed by atoms with Crippen molar-refractivity contribution in [2.45, 2.75) is 12.3 Å². The van der Waals surface area contributed by atoms with E-state index in [2.05, 4.69) is 0 Å². The molecule has 1 aliphatic heterocycles. The van der Waals surface area contributed by atoms with E-state index in [0.29, 0.717) is 24.5 Å². The Balaban J connectivity index is 2.17. The average molecular weight is 237 g/mol. The number of carboxylic acid groups (broad SMARTS) is 1. The molecule has 1 heterocycles. The standard InChI is InChI=1S/C12H14O5/c13-5-4-8-6-17-12-9(8)2-1-3-10(12)16-7-11(14)15/h1-3,8,13H,4-7H2,(H,14,15)/p-1. The minimum absolute atomic E-state index is 0.0948. The molecule has 0 aliphatic carbocycles. The summed E-state index contributed by atoms with van der Waals surface area (Å²) in [5.74, 6) is -0.145. The SMILES string of the molecule is O=C([O-])COc1cccc2c1OCC2CCO. The van der Waals surface area contributed by atoms with Gasteiger partial charge in [-0.1, -0.05) is 12.1 Å². The molecule has 17 heavy (non-hydrogen) atoms. The minimum atomic E-state index is -1.27. The highest BCUT2D eigenvalue weighted by Crippen LogP contribution is 2.42. The van der Waals surface area contributed by atoms with Crippen LogP contribution >= 0.6 is 0 Å². The molecule has 0 radical (unpaired) electrons. The Morgan fingerprint density at radius 1 is 1.59 bits per heavy atom. The van der Waals surface area contributed by atoms with Gasteiger partial charge in [0.15, 0.2) is 11.5 Å². The molecule has 5 heteroatoms. The van der Waals surface area contributed by atoms with Gasteiger partial charge in [0.1, 0.15) is 6.61 Å². The monoisotopic (exact) mass is 237 g/mol. The van der Waals surface area contributed by atoms with Crippen LogP contribution in [0.15, 0.2) is 18.2 Å². The van der Waals surface area contributed by atoms with E-state index in [1.165, 1.54) is 0 Å². The Kier molecular flexibility index (Phi) is 3.49. The molecule has 1 atom stereocenters. The number of rotatable bonds is 5. The predicted molar refractivity (Wildman–Crippen MR) is 56.9 cm³/mol. The number of carbonyl (C=O) groups is 1. The molecular formula is C12H13O5-. The fourth-order valence-electron chi connectivity index (χ4n) is 1.93. The molecule has 5 nitrogen and oxygen atoms in total. The van der Waals surface area contributed by atoms with Crippen LogP contribution < -0.4 is 14.6 Å². The lowest BCUT2D eigenvalue weighted by Gasteiger charge is -2.10. The first kappa shape index (κ1) is 11.7. The van der Waals surface area contributed by atoms with Crippen LogP contribution in [0.3, 0.4) is 0 Å². The van der Waals surface area contributed by atoms with Crippen molar-refractivity contribution in [3.05, 3.63) is 23.8 Å². The zero-order chi connectivity index (χ0) is 12.3. The fraction of sp³-hybridized carbons (Fsp3) is 0.417. The Bertz CT molecular complexity index is 415. The molecule has 0 amide bonds. The summed E-state index contributed by atoms with van der Waals surface area (Å²) in [5.41, 5.74) is 0.954. The van der Waals surface area contributed by atoms with Gasteiger partial charge in [-0.25, -0.2) is 0 Å². The van der Waals surface area contributed by atoms with Crippen molar-refractivity contribution in [3.63, 3.8) is 0 Å². The molecule has 1 aromatic rings. The molecular weight excluding hydrogens is 224 g/mol. The lowest BCUT2D eigenvalue weighted by Crippen LogP contribution is -2.29. The maximum Gasteiger partial charge on any atom is 0.164 e. The van der Waals surface area contributed by atoms with Crippen molar-refractivity contribution >= 4 is 5.97 Å². The predicted octanol–water partition coefficient (Wildman–Crippen LogP) is -0.326. The van der Waals surface area contributed by atoms with Gasteiger partial charge in [-0.15, -0.1) is 0 Å². The van der Waals surface area contributed by atoms with Crippen LogP contribution in [0.25, 0.3) is 0 Å². The van der Waals surface area contributed by atoms with E-state index in [0.717, 1.165) is 5.56 Å². The number of carboxylic acids is 1. The van der Waals surface area contributed by atoms with Crippen molar-refractivity contribution in [1.82, 2.24) is 0 Å². The smallest absolute Gasteiger partial charge is 0.164 e. The third-order valence-electron chi connectivity index (χ3n) is 2.70. The van der Waals surface area contributed by atoms with Gasteiger partial charge < -0.3 is 24.5 Å². The number of aliphatic hydroxyl groups excluding tert-OH is 1. The maximum atomic E-state index is 10.3. The highest BCUT2D eigenvalue weighted by Gasteiger charge is 2.26. The van der Waals surface area contributed by atoms with E-state index < -0.39 is 12.6 Å². The number of aliphatic hydroxyl groups is 1. The second kappa shape index (κ2) is 5.05. The second-order valence-electron chi connectivity index (χ2n) is 3.86. The summed E-state index contributed by atoms with van der Waals surface area (Å²) in [6.07, 6.45) is 0.622. The van der Waals surface area contributed by atoms with Crippen LogP contribution in [-0.4, -0.2) is 30.9 Å². The maximum absolute atomic E-state index is 10.3. The first-order chi connectivity index (χ1) is 8.22. The Hall–Kier alpha value is -1.75. The number of hydrogen-bond donors (Lipinski definition) is 1. The lowest BCUT2D eigenvalue weighted by molar-refractivity contribution is -0.307. The van der Waals surface area contributed by atoms with Gasteiger partial charge in [-0.2, -0.15) is 0 Å². The van der Waals surface area contributed by atoms with Crippen molar-refractivity contribution in [2.24, 2.45) is 0 Å². The summed E-state index contributed by atoms with van der Waals surface area (Å²) >= 11 is 0. The number of fused-ring (bicyclic) bond motifs is 1. The first-order valence-corrected chi connectivity index (χ1v) is 5.41. The van der Waals surface area contributed by atoms with Crippen LogP contribution in [0.1, 0.15) is 17.9 Å². The molecule has 0 spiro atoms. The summed E-state index contributed by atoms with van der Waals surface area (Å²) in [5, 5.41) is 19.3. The number of benzene rings is 1. The number of ether oxygens (including phenoxy) is 2. The normalized spacial score (nSPS) is 17.4. The van der Waals surface area contributed by atoms with Gasteiger partial charge in [0, 0.05) is 18.1 Å². The van der Waals surface area contributed by atoms with Gasteiger partial charge in [0.05, 0.1) is 12.6 Å². The molecule has 2 rings (SSSR count). The van der Waals surface area contributed by atoms with Gasteiger partial charge in [0.25, 0.3) is 0 Å². The fourth-order valence-corrected chi connectivity index (χ4v) is 1.93. The van der Waals surface area contributed by atoms with E-state index in [1.54, 1.807) is 12.1 Å². The zero-order valence-corrected chi connectivity index (χ0v) is 9.22. The summed E-state index contributed by atoms with van der Waals surface area (Å²) < 4.78 is 10.6. The average Bonchev–Trinajstić information content (AvgIpc) is 2.71. The molecule has 0 aromatic heterocycles. The van der Waals surface area contributed by atoms with Crippen LogP contribution in [0.4, 0.5) is 0 Å². The van der Waals surface area contributed by atoms with Crippen molar-refractivity contribution in [2.75, 3.05) is 19.8 Å². The van der Waals surface area contributed by atoms with Crippen LogP contribution in [-0.2, 0) is 4.79 Å². The molecule has 0 saturated heterocycles. The van der Waals surface area contributed by atoms with E-state index in [4.69, 9.17) is 14.6 Å². The topological polar surface area (TPSA) is 78.8 Å². The Morgan fingerprint density at radius 3 is 3.12 bits per heavy atom. The van der Waals surface area contributed by atoms with Gasteiger partial charge >= 0.3 is 0 Å². The van der Waals surface area contributed by atoms with E-state index in [9.17, 15) is 9.90 Å². The van der Waals surface area contributed by atoms with Crippen molar-refractivity contribution in [1.29, 1.82) is 0 Å². The third-order valence-corrected chi connectivity index (χ3v) is 2.70. The number of carbonyl (C=O) groups excluding carboxylic acids is 1. The highest BCUT2D eigenvalue weighted by molar-refractivity contribution is 5.66. The lowest BCUT2D eigenvalue weighted by atomic mass is 9.98. The van der Waals surface area contributed by atoms with Crippen LogP contribution in [0, 0.1) is 0 Å². The molecule has 92 valence electrons. The number of para-hydroxylation sites is 1. The third kappa shape index (κ3) is 2.50. The summed E-state index contributed by atoms with van der Waals surface area (Å²) in [7, 11) is 0. The van der Waals surface area contributed by atoms with Crippen LogP contribution in [0.2, 0.25) is 0 Å². The summed E-state index contributed by atoms with van der Waals surface area (Å²) in [6, 6.07) is 5.33. The van der Waals surface area contributed by atoms with E-state index >= 15 is 0 Å². The van der Waals surface area contributed by atoms with Crippen LogP contribution in [0.5, 0.6) is 11.5 Å². The number of hydrogen-bond acceptors (Lipinski definition) is 5. The molecule has 1 aromatic carbocycles. The largest absolute Gasteiger partial charge is 0.546 e. The van der Waals surface area contributed by atoms with Gasteiger partial charge in [0.2, 0.25) is 0 Å². The Morgan fingerprint density at radius 2 is 2.41 bits per heavy atom. The Labute approximate surface area is 98.6 Å². The zero-order valence-electron chi connectivity index (χ0n) is 9.22. The highest BCUT2D eigenvalue weighted by atomic mass is 16.5. The summed E-state index contributed by atoms with van der Waals surface area (Å²) in [6.45, 7) is 0.0870. The van der Waals surface area contributed by atoms with Crippen molar-refractivity contribution < 1.29 is 24.5 Å². The molecule has 0 saturated carbocycles.